The van der Waals surface area contributed by atoms with Crippen LogP contribution in [0.2, 0.25) is 0 Å². The molecule has 0 heterocycles. The predicted molar refractivity (Wildman–Crippen MR) is 133 cm³/mol. The highest BCUT2D eigenvalue weighted by atomic mass is 32.2. The summed E-state index contributed by atoms with van der Waals surface area (Å²) >= 11 is 0. The summed E-state index contributed by atoms with van der Waals surface area (Å²) in [6.07, 6.45) is -1.02. The summed E-state index contributed by atoms with van der Waals surface area (Å²) in [5.41, 5.74) is 1.25. The minimum atomic E-state index is -4.08. The number of ether oxygens (including phenoxy) is 2. The van der Waals surface area contributed by atoms with E-state index in [1.54, 1.807) is 31.2 Å². The molecule has 0 saturated heterocycles. The van der Waals surface area contributed by atoms with Crippen molar-refractivity contribution >= 4 is 27.6 Å². The molecule has 0 aliphatic carbocycles. The molecule has 9 heteroatoms. The highest BCUT2D eigenvalue weighted by Gasteiger charge is 2.27. The molecule has 0 aromatic heterocycles. The molecule has 0 bridgehead atoms. The lowest BCUT2D eigenvalue weighted by Crippen LogP contribution is -2.35. The number of esters is 1. The lowest BCUT2D eigenvalue weighted by Gasteiger charge is -2.25. The first-order valence-corrected chi connectivity index (χ1v) is 12.5. The van der Waals surface area contributed by atoms with Crippen molar-refractivity contribution in [2.45, 2.75) is 31.4 Å². The van der Waals surface area contributed by atoms with E-state index in [1.807, 2.05) is 30.3 Å². The third kappa shape index (κ3) is 6.39. The molecular weight excluding hydrogens is 468 g/mol. The van der Waals surface area contributed by atoms with Crippen molar-refractivity contribution in [2.75, 3.05) is 18.0 Å². The summed E-state index contributed by atoms with van der Waals surface area (Å²) in [6.45, 7) is 3.69. The average Bonchev–Trinajstić information content (AvgIpc) is 2.88. The molecule has 0 aliphatic heterocycles. The smallest absolute Gasteiger partial charge is 0.338 e. The number of hydrogen-bond donors (Lipinski definition) is 1. The quantitative estimate of drug-likeness (QED) is 0.429. The number of nitrogens with zero attached hydrogens (tertiary/aromatic N) is 1. The predicted octanol–water partition coefficient (Wildman–Crippen LogP) is 3.77. The van der Waals surface area contributed by atoms with E-state index in [0.717, 1.165) is 5.56 Å². The van der Waals surface area contributed by atoms with Crippen molar-refractivity contribution < 1.29 is 27.5 Å². The summed E-state index contributed by atoms with van der Waals surface area (Å²) in [7, 11) is -2.54. The summed E-state index contributed by atoms with van der Waals surface area (Å²) in [5, 5.41) is 2.57. The number of hydrogen-bond acceptors (Lipinski definition) is 6. The van der Waals surface area contributed by atoms with Crippen molar-refractivity contribution in [3.8, 4) is 5.75 Å². The van der Waals surface area contributed by atoms with Crippen LogP contribution in [0.5, 0.6) is 5.75 Å². The van der Waals surface area contributed by atoms with Crippen LogP contribution in [0.15, 0.2) is 83.8 Å². The Labute approximate surface area is 205 Å². The second-order valence-corrected chi connectivity index (χ2v) is 9.53. The molecule has 0 radical (unpaired) electrons. The van der Waals surface area contributed by atoms with Crippen LogP contribution in [-0.2, 0) is 26.1 Å². The monoisotopic (exact) mass is 496 g/mol. The molecule has 1 atom stereocenters. The van der Waals surface area contributed by atoms with E-state index >= 15 is 0 Å². The Morgan fingerprint density at radius 2 is 1.66 bits per heavy atom. The van der Waals surface area contributed by atoms with Gasteiger partial charge < -0.3 is 14.8 Å². The zero-order chi connectivity index (χ0) is 25.4. The molecule has 3 rings (SSSR count). The second-order valence-electron chi connectivity index (χ2n) is 7.67. The Morgan fingerprint density at radius 1 is 0.971 bits per heavy atom. The molecule has 35 heavy (non-hydrogen) atoms. The Bertz CT molecular complexity index is 1260. The van der Waals surface area contributed by atoms with Gasteiger partial charge in [-0.2, -0.15) is 0 Å². The number of sulfonamides is 1. The van der Waals surface area contributed by atoms with E-state index in [9.17, 15) is 18.0 Å². The first-order chi connectivity index (χ1) is 16.8. The molecule has 1 amide bonds. The lowest BCUT2D eigenvalue weighted by molar-refractivity contribution is -0.128. The van der Waals surface area contributed by atoms with Gasteiger partial charge in [-0.25, -0.2) is 13.2 Å². The van der Waals surface area contributed by atoms with E-state index in [0.29, 0.717) is 18.0 Å². The van der Waals surface area contributed by atoms with Gasteiger partial charge in [0.2, 0.25) is 0 Å². The van der Waals surface area contributed by atoms with E-state index in [-0.39, 0.29) is 17.0 Å². The van der Waals surface area contributed by atoms with E-state index < -0.39 is 28.0 Å². The number of carbonyl (C=O) groups is 2. The minimum absolute atomic E-state index is 0.0246. The van der Waals surface area contributed by atoms with Gasteiger partial charge in [0.25, 0.3) is 15.9 Å². The highest BCUT2D eigenvalue weighted by molar-refractivity contribution is 7.92. The van der Waals surface area contributed by atoms with Crippen LogP contribution >= 0.6 is 0 Å². The van der Waals surface area contributed by atoms with Gasteiger partial charge in [-0.05, 0) is 61.9 Å². The first-order valence-electron chi connectivity index (χ1n) is 11.1. The summed E-state index contributed by atoms with van der Waals surface area (Å²) in [4.78, 5) is 24.4. The first kappa shape index (κ1) is 25.8. The fourth-order valence-electron chi connectivity index (χ4n) is 3.32. The largest absolute Gasteiger partial charge is 0.497 e. The number of amides is 1. The van der Waals surface area contributed by atoms with Crippen molar-refractivity contribution in [1.82, 2.24) is 5.32 Å². The Balaban J connectivity index is 1.95. The Hall–Kier alpha value is -3.85. The number of nitrogens with one attached hydrogen (secondary N) is 1. The third-order valence-electron chi connectivity index (χ3n) is 5.19. The molecule has 0 aliphatic rings. The molecule has 0 spiro atoms. The van der Waals surface area contributed by atoms with Crippen LogP contribution in [0.3, 0.4) is 0 Å². The van der Waals surface area contributed by atoms with Gasteiger partial charge in [0, 0.05) is 6.54 Å². The zero-order valence-electron chi connectivity index (χ0n) is 19.8. The average molecular weight is 497 g/mol. The Kier molecular flexibility index (Phi) is 8.48. The van der Waals surface area contributed by atoms with Gasteiger partial charge in [0.1, 0.15) is 5.75 Å². The normalized spacial score (nSPS) is 11.9. The molecule has 184 valence electrons. The van der Waals surface area contributed by atoms with Crippen molar-refractivity contribution in [3.63, 3.8) is 0 Å². The van der Waals surface area contributed by atoms with E-state index in [4.69, 9.17) is 9.47 Å². The third-order valence-corrected chi connectivity index (χ3v) is 6.96. The maximum absolute atomic E-state index is 13.8. The summed E-state index contributed by atoms with van der Waals surface area (Å²) in [5.74, 6) is -0.630. The number of likely N-dealkylation sites (N-methyl/N-ethyl adjacent to an activating group) is 1. The van der Waals surface area contributed by atoms with Crippen LogP contribution < -0.4 is 14.4 Å². The van der Waals surface area contributed by atoms with Crippen LogP contribution in [0.1, 0.15) is 29.8 Å². The molecule has 8 nitrogen and oxygen atoms in total. The summed E-state index contributed by atoms with van der Waals surface area (Å²) < 4.78 is 39.2. The fraction of sp³-hybridized carbons (Fsp3) is 0.231. The van der Waals surface area contributed by atoms with Crippen molar-refractivity contribution in [2.24, 2.45) is 0 Å². The van der Waals surface area contributed by atoms with Gasteiger partial charge in [0.15, 0.2) is 6.10 Å². The number of anilines is 1. The molecule has 3 aromatic rings. The highest BCUT2D eigenvalue weighted by Crippen LogP contribution is 2.28. The van der Waals surface area contributed by atoms with Gasteiger partial charge in [-0.1, -0.05) is 36.4 Å². The molecule has 3 aromatic carbocycles. The zero-order valence-corrected chi connectivity index (χ0v) is 20.6. The number of carbonyl (C=O) groups excluding carboxylic acids is 2. The van der Waals surface area contributed by atoms with Crippen LogP contribution in [0.4, 0.5) is 5.69 Å². The van der Waals surface area contributed by atoms with Gasteiger partial charge in [0.05, 0.1) is 29.8 Å². The van der Waals surface area contributed by atoms with Crippen molar-refractivity contribution in [3.05, 3.63) is 90.0 Å². The van der Waals surface area contributed by atoms with Crippen molar-refractivity contribution in [1.29, 1.82) is 0 Å². The number of benzene rings is 3. The SMILES string of the molecule is CCNC(=O)C(C)OC(=O)c1cccc(S(=O)(=O)N(Cc2ccccc2)c2ccc(OC)cc2)c1. The molecular formula is C26H28N2O6S. The van der Waals surface area contributed by atoms with Crippen LogP contribution in [0, 0.1) is 0 Å². The Morgan fingerprint density at radius 3 is 2.29 bits per heavy atom. The maximum Gasteiger partial charge on any atom is 0.338 e. The standard InChI is InChI=1S/C26H28N2O6S/c1-4-27-25(29)19(2)34-26(30)21-11-8-12-24(17-21)35(31,32)28(18-20-9-6-5-7-10-20)22-13-15-23(33-3)16-14-22/h5-17,19H,4,18H2,1-3H3,(H,27,29). The van der Waals surface area contributed by atoms with E-state index in [2.05, 4.69) is 5.32 Å². The molecule has 0 fully saturated rings. The van der Waals surface area contributed by atoms with Crippen LogP contribution in [-0.4, -0.2) is 40.1 Å². The molecule has 0 saturated carbocycles. The second kappa shape index (κ2) is 11.5. The topological polar surface area (TPSA) is 102 Å². The van der Waals surface area contributed by atoms with E-state index in [1.165, 1.54) is 42.6 Å². The lowest BCUT2D eigenvalue weighted by atomic mass is 10.2. The number of methoxy groups -OCH3 is 1. The maximum atomic E-state index is 13.8. The van der Waals surface area contributed by atoms with Gasteiger partial charge in [-0.15, -0.1) is 0 Å². The minimum Gasteiger partial charge on any atom is -0.497 e. The molecule has 1 unspecified atom stereocenters. The summed E-state index contributed by atoms with van der Waals surface area (Å²) in [6, 6.07) is 21.5. The van der Waals surface area contributed by atoms with Gasteiger partial charge in [-0.3, -0.25) is 9.10 Å². The fourth-order valence-corrected chi connectivity index (χ4v) is 4.82. The van der Waals surface area contributed by atoms with Gasteiger partial charge >= 0.3 is 5.97 Å². The van der Waals surface area contributed by atoms with Crippen LogP contribution in [0.25, 0.3) is 0 Å². The molecule has 1 N–H and O–H groups in total. The number of rotatable bonds is 10.